The molecular weight excluding hydrogens is 376 g/mol. The molecule has 4 aliphatic carbocycles. The molecule has 4 heteroatoms. The van der Waals surface area contributed by atoms with Gasteiger partial charge in [-0.25, -0.2) is 0 Å². The van der Waals surface area contributed by atoms with Crippen LogP contribution in [0.25, 0.3) is 0 Å². The monoisotopic (exact) mass is 414 g/mol. The zero-order chi connectivity index (χ0) is 21.5. The molecule has 4 aliphatic rings. The van der Waals surface area contributed by atoms with E-state index >= 15 is 0 Å². The Morgan fingerprint density at radius 3 is 2.53 bits per heavy atom. The summed E-state index contributed by atoms with van der Waals surface area (Å²) in [5.74, 6) is 1.06. The van der Waals surface area contributed by atoms with E-state index in [1.807, 2.05) is 6.08 Å². The second-order valence-corrected chi connectivity index (χ2v) is 10.8. The topological polar surface area (TPSA) is 60.4 Å². The largest absolute Gasteiger partial charge is 0.462 e. The van der Waals surface area contributed by atoms with Crippen LogP contribution in [-0.4, -0.2) is 23.6 Å². The summed E-state index contributed by atoms with van der Waals surface area (Å²) in [5.41, 5.74) is 0.912. The molecule has 0 unspecified atom stereocenters. The third-order valence-corrected chi connectivity index (χ3v) is 9.14. The molecule has 0 spiro atoms. The fourth-order valence-corrected chi connectivity index (χ4v) is 7.18. The number of hydrogen-bond donors (Lipinski definition) is 0. The standard InChI is InChI=1S/C26H38O4/c1-4-5-6-7-8-23(29)30-18-11-13-25(2)17(15-18)16-21(27)24-19-9-10-22(28)26(19,3)14-12-20(24)25/h16,18-20,24H,4-15H2,1-3H3/t18-,19-,20-,24-,25-,26-/m0/s1. The number of esters is 1. The Kier molecular flexibility index (Phi) is 5.98. The fourth-order valence-electron chi connectivity index (χ4n) is 7.18. The van der Waals surface area contributed by atoms with Crippen molar-refractivity contribution in [1.82, 2.24) is 0 Å². The minimum absolute atomic E-state index is 0.00150. The highest BCUT2D eigenvalue weighted by atomic mass is 16.5. The second kappa shape index (κ2) is 8.24. The van der Waals surface area contributed by atoms with E-state index in [9.17, 15) is 14.4 Å². The van der Waals surface area contributed by atoms with Crippen molar-refractivity contribution >= 4 is 17.5 Å². The molecule has 4 nitrogen and oxygen atoms in total. The normalized spacial score (nSPS) is 40.3. The van der Waals surface area contributed by atoms with Gasteiger partial charge in [0, 0.05) is 30.6 Å². The average molecular weight is 415 g/mol. The highest BCUT2D eigenvalue weighted by molar-refractivity contribution is 5.96. The lowest BCUT2D eigenvalue weighted by Crippen LogP contribution is -2.53. The minimum Gasteiger partial charge on any atom is -0.462 e. The van der Waals surface area contributed by atoms with Gasteiger partial charge < -0.3 is 4.74 Å². The summed E-state index contributed by atoms with van der Waals surface area (Å²) in [5, 5.41) is 0. The third-order valence-electron chi connectivity index (χ3n) is 9.14. The van der Waals surface area contributed by atoms with Crippen LogP contribution in [0.3, 0.4) is 0 Å². The van der Waals surface area contributed by atoms with Crippen molar-refractivity contribution in [2.45, 2.75) is 104 Å². The first-order valence-electron chi connectivity index (χ1n) is 12.3. The lowest BCUT2D eigenvalue weighted by molar-refractivity contribution is -0.152. The molecule has 3 fully saturated rings. The van der Waals surface area contributed by atoms with Gasteiger partial charge in [-0.05, 0) is 61.9 Å². The number of fused-ring (bicyclic) bond motifs is 5. The summed E-state index contributed by atoms with van der Waals surface area (Å²) in [6, 6.07) is 0. The SMILES string of the molecule is CCCCCCC(=O)O[C@H]1CC[C@@]2(C)C(=CC(=O)[C@@H]3[C@@H]2CC[C@]2(C)C(=O)CC[C@@H]32)C1. The van der Waals surface area contributed by atoms with Gasteiger partial charge in [0.25, 0.3) is 0 Å². The lowest BCUT2D eigenvalue weighted by atomic mass is 9.48. The molecule has 3 saturated carbocycles. The lowest BCUT2D eigenvalue weighted by Gasteiger charge is -2.56. The van der Waals surface area contributed by atoms with Crippen molar-refractivity contribution in [3.05, 3.63) is 11.6 Å². The zero-order valence-corrected chi connectivity index (χ0v) is 19.0. The molecule has 0 radical (unpaired) electrons. The molecular formula is C26H38O4. The second-order valence-electron chi connectivity index (χ2n) is 10.8. The maximum Gasteiger partial charge on any atom is 0.306 e. The van der Waals surface area contributed by atoms with Gasteiger partial charge in [0.2, 0.25) is 0 Å². The molecule has 0 amide bonds. The summed E-state index contributed by atoms with van der Waals surface area (Å²) >= 11 is 0. The van der Waals surface area contributed by atoms with Crippen molar-refractivity contribution in [1.29, 1.82) is 0 Å². The maximum absolute atomic E-state index is 13.3. The van der Waals surface area contributed by atoms with E-state index in [0.29, 0.717) is 31.0 Å². The molecule has 0 aliphatic heterocycles. The van der Waals surface area contributed by atoms with Crippen LogP contribution in [0.1, 0.15) is 97.8 Å². The zero-order valence-electron chi connectivity index (χ0n) is 19.0. The Morgan fingerprint density at radius 2 is 1.77 bits per heavy atom. The molecule has 30 heavy (non-hydrogen) atoms. The Hall–Kier alpha value is -1.45. The van der Waals surface area contributed by atoms with Crippen LogP contribution in [0, 0.1) is 28.6 Å². The number of ether oxygens (including phenoxy) is 1. The van der Waals surface area contributed by atoms with E-state index in [4.69, 9.17) is 4.74 Å². The molecule has 0 aromatic carbocycles. The summed E-state index contributed by atoms with van der Waals surface area (Å²) < 4.78 is 5.80. The Labute approximate surface area is 181 Å². The smallest absolute Gasteiger partial charge is 0.306 e. The van der Waals surface area contributed by atoms with Gasteiger partial charge in [0.15, 0.2) is 5.78 Å². The number of ketones is 2. The Bertz CT molecular complexity index is 752. The summed E-state index contributed by atoms with van der Waals surface area (Å²) in [6.07, 6.45) is 12.6. The average Bonchev–Trinajstić information content (AvgIpc) is 3.01. The molecule has 0 aromatic heterocycles. The van der Waals surface area contributed by atoms with Gasteiger partial charge in [-0.2, -0.15) is 0 Å². The number of rotatable bonds is 6. The summed E-state index contributed by atoms with van der Waals surface area (Å²) in [7, 11) is 0. The van der Waals surface area contributed by atoms with Crippen molar-refractivity contribution in [2.24, 2.45) is 28.6 Å². The van der Waals surface area contributed by atoms with Crippen molar-refractivity contribution in [3.8, 4) is 0 Å². The number of carbonyl (C=O) groups is 3. The molecule has 0 N–H and O–H groups in total. The number of unbranched alkanes of at least 4 members (excludes halogenated alkanes) is 3. The van der Waals surface area contributed by atoms with Crippen LogP contribution in [0.5, 0.6) is 0 Å². The van der Waals surface area contributed by atoms with Crippen LogP contribution in [0.4, 0.5) is 0 Å². The fraction of sp³-hybridized carbons (Fsp3) is 0.808. The highest BCUT2D eigenvalue weighted by Gasteiger charge is 2.61. The number of allylic oxidation sites excluding steroid dienone is 1. The van der Waals surface area contributed by atoms with Gasteiger partial charge in [-0.1, -0.05) is 45.6 Å². The van der Waals surface area contributed by atoms with E-state index in [0.717, 1.165) is 57.8 Å². The third kappa shape index (κ3) is 3.58. The first-order chi connectivity index (χ1) is 14.3. The van der Waals surface area contributed by atoms with E-state index in [1.54, 1.807) is 0 Å². The molecule has 166 valence electrons. The number of hydrogen-bond acceptors (Lipinski definition) is 4. The summed E-state index contributed by atoms with van der Waals surface area (Å²) in [6.45, 7) is 6.60. The van der Waals surface area contributed by atoms with Crippen LogP contribution in [0.15, 0.2) is 11.6 Å². The number of Topliss-reactive ketones (excluding diaryl/α,β-unsaturated/α-hetero) is 1. The maximum atomic E-state index is 13.3. The van der Waals surface area contributed by atoms with Gasteiger partial charge >= 0.3 is 5.97 Å². The van der Waals surface area contributed by atoms with Crippen LogP contribution in [0.2, 0.25) is 0 Å². The van der Waals surface area contributed by atoms with E-state index in [1.165, 1.54) is 5.57 Å². The van der Waals surface area contributed by atoms with Crippen LogP contribution in [-0.2, 0) is 19.1 Å². The van der Waals surface area contributed by atoms with Crippen LogP contribution >= 0.6 is 0 Å². The predicted molar refractivity (Wildman–Crippen MR) is 116 cm³/mol. The van der Waals surface area contributed by atoms with E-state index < -0.39 is 0 Å². The molecule has 0 bridgehead atoms. The van der Waals surface area contributed by atoms with E-state index in [-0.39, 0.29) is 40.5 Å². The van der Waals surface area contributed by atoms with Gasteiger partial charge in [0.1, 0.15) is 11.9 Å². The number of carbonyl (C=O) groups excluding carboxylic acids is 3. The van der Waals surface area contributed by atoms with E-state index in [2.05, 4.69) is 20.8 Å². The molecule has 6 atom stereocenters. The minimum atomic E-state index is -0.289. The molecule has 4 rings (SSSR count). The molecule has 0 saturated heterocycles. The highest BCUT2D eigenvalue weighted by Crippen LogP contribution is 2.63. The quantitative estimate of drug-likeness (QED) is 0.420. The molecule has 0 heterocycles. The van der Waals surface area contributed by atoms with Crippen molar-refractivity contribution in [2.75, 3.05) is 0 Å². The van der Waals surface area contributed by atoms with Crippen molar-refractivity contribution < 1.29 is 19.1 Å². The Balaban J connectivity index is 1.45. The van der Waals surface area contributed by atoms with Gasteiger partial charge in [0.05, 0.1) is 0 Å². The molecule has 0 aromatic rings. The van der Waals surface area contributed by atoms with Gasteiger partial charge in [-0.3, -0.25) is 14.4 Å². The van der Waals surface area contributed by atoms with Crippen molar-refractivity contribution in [3.63, 3.8) is 0 Å². The van der Waals surface area contributed by atoms with Crippen LogP contribution < -0.4 is 0 Å². The first kappa shape index (κ1) is 21.8. The first-order valence-corrected chi connectivity index (χ1v) is 12.3. The van der Waals surface area contributed by atoms with Gasteiger partial charge in [-0.15, -0.1) is 0 Å². The Morgan fingerprint density at radius 1 is 1.03 bits per heavy atom. The summed E-state index contributed by atoms with van der Waals surface area (Å²) in [4.78, 5) is 38.1. The predicted octanol–water partition coefficient (Wildman–Crippen LogP) is 5.58.